The first-order valence-corrected chi connectivity index (χ1v) is 9.14. The molecule has 1 N–H and O–H groups in total. The van der Waals surface area contributed by atoms with Gasteiger partial charge < -0.3 is 14.6 Å². The van der Waals surface area contributed by atoms with E-state index in [1.807, 2.05) is 55.5 Å². The molecule has 0 radical (unpaired) electrons. The van der Waals surface area contributed by atoms with Crippen molar-refractivity contribution in [2.45, 2.75) is 32.9 Å². The lowest BCUT2D eigenvalue weighted by atomic mass is 10.3. The second-order valence-electron chi connectivity index (χ2n) is 5.95. The van der Waals surface area contributed by atoms with Crippen molar-refractivity contribution in [2.75, 3.05) is 6.61 Å². The van der Waals surface area contributed by atoms with Crippen LogP contribution in [0.2, 0.25) is 5.02 Å². The minimum atomic E-state index is 0.0228. The van der Waals surface area contributed by atoms with Crippen LogP contribution in [0.15, 0.2) is 48.5 Å². The van der Waals surface area contributed by atoms with E-state index < -0.39 is 0 Å². The zero-order valence-corrected chi connectivity index (χ0v) is 15.5. The second-order valence-corrected chi connectivity index (χ2v) is 6.39. The van der Waals surface area contributed by atoms with Crippen LogP contribution >= 0.6 is 11.6 Å². The highest BCUT2D eigenvalue weighted by molar-refractivity contribution is 6.30. The Morgan fingerprint density at radius 3 is 2.73 bits per heavy atom. The van der Waals surface area contributed by atoms with Crippen LogP contribution in [0.25, 0.3) is 11.0 Å². The number of aryl methyl sites for hydroxylation is 1. The Balaban J connectivity index is 1.65. The molecular formula is C20H22ClN3O2. The minimum Gasteiger partial charge on any atom is -0.494 e. The Kier molecular flexibility index (Phi) is 6.12. The summed E-state index contributed by atoms with van der Waals surface area (Å²) in [7, 11) is 0. The van der Waals surface area contributed by atoms with E-state index in [0.29, 0.717) is 24.6 Å². The first-order valence-electron chi connectivity index (χ1n) is 8.76. The Morgan fingerprint density at radius 1 is 1.19 bits per heavy atom. The smallest absolute Gasteiger partial charge is 0.220 e. The number of nitrogens with one attached hydrogen (secondary N) is 1. The number of nitrogens with zero attached hydrogens (tertiary/aromatic N) is 2. The summed E-state index contributed by atoms with van der Waals surface area (Å²) in [6, 6.07) is 15.4. The van der Waals surface area contributed by atoms with E-state index in [-0.39, 0.29) is 5.91 Å². The normalized spacial score (nSPS) is 10.8. The number of hydrogen-bond acceptors (Lipinski definition) is 3. The highest BCUT2D eigenvalue weighted by atomic mass is 35.5. The monoisotopic (exact) mass is 371 g/mol. The molecule has 5 nitrogen and oxygen atoms in total. The number of carbonyl (C=O) groups is 1. The van der Waals surface area contributed by atoms with Crippen LogP contribution < -0.4 is 10.1 Å². The molecule has 136 valence electrons. The molecule has 0 atom stereocenters. The van der Waals surface area contributed by atoms with E-state index >= 15 is 0 Å². The molecule has 1 heterocycles. The van der Waals surface area contributed by atoms with Gasteiger partial charge in [-0.05, 0) is 42.8 Å². The van der Waals surface area contributed by atoms with E-state index in [1.54, 1.807) is 0 Å². The molecule has 0 fully saturated rings. The molecule has 0 saturated heterocycles. The summed E-state index contributed by atoms with van der Waals surface area (Å²) < 4.78 is 7.91. The van der Waals surface area contributed by atoms with E-state index in [0.717, 1.165) is 35.6 Å². The van der Waals surface area contributed by atoms with Gasteiger partial charge in [-0.1, -0.05) is 30.7 Å². The van der Waals surface area contributed by atoms with Gasteiger partial charge in [-0.25, -0.2) is 4.98 Å². The fourth-order valence-electron chi connectivity index (χ4n) is 2.76. The fourth-order valence-corrected chi connectivity index (χ4v) is 2.88. The Labute approximate surface area is 157 Å². The van der Waals surface area contributed by atoms with Crippen molar-refractivity contribution in [1.82, 2.24) is 14.9 Å². The third-order valence-electron chi connectivity index (χ3n) is 4.11. The molecule has 0 spiro atoms. The Morgan fingerprint density at radius 2 is 1.96 bits per heavy atom. The predicted molar refractivity (Wildman–Crippen MR) is 103 cm³/mol. The molecule has 6 heteroatoms. The second kappa shape index (κ2) is 8.72. The molecule has 0 saturated carbocycles. The van der Waals surface area contributed by atoms with Crippen molar-refractivity contribution in [2.24, 2.45) is 0 Å². The summed E-state index contributed by atoms with van der Waals surface area (Å²) in [5, 5.41) is 3.60. The maximum atomic E-state index is 11.6. The lowest BCUT2D eigenvalue weighted by Gasteiger charge is -2.11. The van der Waals surface area contributed by atoms with Crippen molar-refractivity contribution in [1.29, 1.82) is 0 Å². The molecule has 3 aromatic rings. The Bertz CT molecular complexity index is 874. The minimum absolute atomic E-state index is 0.0228. The van der Waals surface area contributed by atoms with E-state index in [4.69, 9.17) is 16.3 Å². The average Bonchev–Trinajstić information content (AvgIpc) is 3.02. The number of imidazole rings is 1. The van der Waals surface area contributed by atoms with Crippen LogP contribution in [0.5, 0.6) is 5.75 Å². The van der Waals surface area contributed by atoms with Gasteiger partial charge in [0.2, 0.25) is 5.91 Å². The average molecular weight is 372 g/mol. The summed E-state index contributed by atoms with van der Waals surface area (Å²) in [6.45, 7) is 3.63. The maximum Gasteiger partial charge on any atom is 0.220 e. The van der Waals surface area contributed by atoms with Gasteiger partial charge in [-0.15, -0.1) is 0 Å². The number of ether oxygens (including phenoxy) is 1. The molecule has 1 aromatic heterocycles. The maximum absolute atomic E-state index is 11.6. The predicted octanol–water partition coefficient (Wildman–Crippen LogP) is 4.19. The molecule has 0 unspecified atom stereocenters. The summed E-state index contributed by atoms with van der Waals surface area (Å²) in [6.07, 6.45) is 1.30. The van der Waals surface area contributed by atoms with Crippen molar-refractivity contribution in [3.8, 4) is 5.75 Å². The fraction of sp³-hybridized carbons (Fsp3) is 0.300. The summed E-state index contributed by atoms with van der Waals surface area (Å²) >= 11 is 5.88. The number of hydrogen-bond donors (Lipinski definition) is 1. The van der Waals surface area contributed by atoms with Crippen LogP contribution in [0.1, 0.15) is 25.6 Å². The molecule has 1 amide bonds. The van der Waals surface area contributed by atoms with Gasteiger partial charge in [-0.3, -0.25) is 4.79 Å². The number of fused-ring (bicyclic) bond motifs is 1. The number of aromatic nitrogens is 2. The van der Waals surface area contributed by atoms with Gasteiger partial charge in [0, 0.05) is 18.0 Å². The van der Waals surface area contributed by atoms with Crippen LogP contribution in [0, 0.1) is 0 Å². The number of halogens is 1. The van der Waals surface area contributed by atoms with Gasteiger partial charge in [-0.2, -0.15) is 0 Å². The number of rotatable bonds is 8. The van der Waals surface area contributed by atoms with Crippen molar-refractivity contribution >= 4 is 28.5 Å². The Hall–Kier alpha value is -2.53. The van der Waals surface area contributed by atoms with Gasteiger partial charge in [0.05, 0.1) is 24.2 Å². The molecule has 0 aliphatic heterocycles. The molecule has 0 aliphatic carbocycles. The summed E-state index contributed by atoms with van der Waals surface area (Å²) in [5.41, 5.74) is 2.01. The first kappa shape index (κ1) is 18.3. The summed E-state index contributed by atoms with van der Waals surface area (Å²) in [5.74, 6) is 1.69. The zero-order valence-electron chi connectivity index (χ0n) is 14.7. The third-order valence-corrected chi connectivity index (χ3v) is 4.36. The van der Waals surface area contributed by atoms with Crippen LogP contribution in [-0.2, 0) is 17.9 Å². The van der Waals surface area contributed by atoms with Crippen LogP contribution in [0.4, 0.5) is 0 Å². The number of carbonyl (C=O) groups excluding carboxylic acids is 1. The third kappa shape index (κ3) is 4.55. The SMILES string of the molecule is CCC(=O)NCc1nc2ccccc2n1CCCOc1ccc(Cl)cc1. The van der Waals surface area contributed by atoms with Crippen LogP contribution in [-0.4, -0.2) is 22.1 Å². The van der Waals surface area contributed by atoms with Gasteiger partial charge in [0.25, 0.3) is 0 Å². The lowest BCUT2D eigenvalue weighted by Crippen LogP contribution is -2.23. The van der Waals surface area contributed by atoms with Gasteiger partial charge >= 0.3 is 0 Å². The highest BCUT2D eigenvalue weighted by Gasteiger charge is 2.11. The van der Waals surface area contributed by atoms with E-state index in [9.17, 15) is 4.79 Å². The van der Waals surface area contributed by atoms with Crippen molar-refractivity contribution in [3.05, 3.63) is 59.4 Å². The largest absolute Gasteiger partial charge is 0.494 e. The summed E-state index contributed by atoms with van der Waals surface area (Å²) in [4.78, 5) is 16.2. The first-order chi connectivity index (χ1) is 12.7. The number of para-hydroxylation sites is 2. The lowest BCUT2D eigenvalue weighted by molar-refractivity contribution is -0.120. The van der Waals surface area contributed by atoms with Crippen LogP contribution in [0.3, 0.4) is 0 Å². The quantitative estimate of drug-likeness (QED) is 0.604. The zero-order chi connectivity index (χ0) is 18.4. The molecule has 0 aliphatic rings. The van der Waals surface area contributed by atoms with Crippen molar-refractivity contribution in [3.63, 3.8) is 0 Å². The van der Waals surface area contributed by atoms with Gasteiger partial charge in [0.15, 0.2) is 0 Å². The standard InChI is InChI=1S/C20H22ClN3O2/c1-2-20(25)22-14-19-23-17-6-3-4-7-18(17)24(19)12-5-13-26-16-10-8-15(21)9-11-16/h3-4,6-11H,2,5,12-14H2,1H3,(H,22,25). The molecule has 2 aromatic carbocycles. The van der Waals surface area contributed by atoms with E-state index in [2.05, 4.69) is 14.9 Å². The molecule has 3 rings (SSSR count). The number of amides is 1. The number of benzene rings is 2. The van der Waals surface area contributed by atoms with E-state index in [1.165, 1.54) is 0 Å². The topological polar surface area (TPSA) is 56.2 Å². The molecule has 26 heavy (non-hydrogen) atoms. The molecule has 0 bridgehead atoms. The van der Waals surface area contributed by atoms with Gasteiger partial charge in [0.1, 0.15) is 11.6 Å². The van der Waals surface area contributed by atoms with Crippen molar-refractivity contribution < 1.29 is 9.53 Å². The highest BCUT2D eigenvalue weighted by Crippen LogP contribution is 2.18. The molecular weight excluding hydrogens is 350 g/mol.